The molecule has 20 heavy (non-hydrogen) atoms. The van der Waals surface area contributed by atoms with E-state index in [0.29, 0.717) is 16.7 Å². The first-order valence-corrected chi connectivity index (χ1v) is 5.90. The molecule has 0 aliphatic rings. The molecule has 0 fully saturated rings. The van der Waals surface area contributed by atoms with Crippen LogP contribution in [0.15, 0.2) is 30.3 Å². The summed E-state index contributed by atoms with van der Waals surface area (Å²) in [6, 6.07) is 7.48. The molecule has 1 aromatic heterocycles. The molecule has 0 bridgehead atoms. The van der Waals surface area contributed by atoms with Crippen LogP contribution in [-0.2, 0) is 12.7 Å². The van der Waals surface area contributed by atoms with Crippen molar-refractivity contribution in [3.63, 3.8) is 0 Å². The summed E-state index contributed by atoms with van der Waals surface area (Å²) in [6.07, 6.45) is -4.56. The van der Waals surface area contributed by atoms with E-state index in [0.717, 1.165) is 0 Å². The van der Waals surface area contributed by atoms with Gasteiger partial charge in [0.15, 0.2) is 5.69 Å². The number of H-pyrrole nitrogens is 1. The van der Waals surface area contributed by atoms with Gasteiger partial charge in [0.1, 0.15) is 5.69 Å². The molecule has 0 saturated carbocycles. The highest BCUT2D eigenvalue weighted by molar-refractivity contribution is 6.31. The molecule has 106 valence electrons. The summed E-state index contributed by atoms with van der Waals surface area (Å²) in [5.74, 6) is -0.711. The number of carbonyl (C=O) groups is 1. The van der Waals surface area contributed by atoms with Crippen LogP contribution in [0.1, 0.15) is 21.7 Å². The maximum absolute atomic E-state index is 12.3. The summed E-state index contributed by atoms with van der Waals surface area (Å²) in [7, 11) is 0. The summed E-state index contributed by atoms with van der Waals surface area (Å²) in [6.45, 7) is 0.104. The number of hydrogen-bond acceptors (Lipinski definition) is 2. The predicted octanol–water partition coefficient (Wildman–Crippen LogP) is 3.01. The van der Waals surface area contributed by atoms with Gasteiger partial charge in [-0.3, -0.25) is 9.89 Å². The maximum Gasteiger partial charge on any atom is 0.432 e. The Morgan fingerprint density at radius 2 is 2.05 bits per heavy atom. The fourth-order valence-electron chi connectivity index (χ4n) is 1.49. The predicted molar refractivity (Wildman–Crippen MR) is 66.2 cm³/mol. The zero-order chi connectivity index (χ0) is 14.8. The molecule has 1 amide bonds. The molecule has 0 unspecified atom stereocenters. The average molecular weight is 304 g/mol. The van der Waals surface area contributed by atoms with Crippen molar-refractivity contribution < 1.29 is 18.0 Å². The lowest BCUT2D eigenvalue weighted by Crippen LogP contribution is -2.23. The summed E-state index contributed by atoms with van der Waals surface area (Å²) in [4.78, 5) is 11.7. The highest BCUT2D eigenvalue weighted by atomic mass is 35.5. The van der Waals surface area contributed by atoms with Gasteiger partial charge in [-0.15, -0.1) is 0 Å². The Hall–Kier alpha value is -2.02. The van der Waals surface area contributed by atoms with Gasteiger partial charge in [-0.2, -0.15) is 18.3 Å². The van der Waals surface area contributed by atoms with Gasteiger partial charge in [-0.05, 0) is 11.6 Å². The molecule has 2 rings (SSSR count). The standard InChI is InChI=1S/C12H9ClF3N3O/c13-8-4-2-1-3-7(8)6-17-11(20)9-5-10(19-18-9)12(14,15)16/h1-5H,6H2,(H,17,20)(H,18,19). The second kappa shape index (κ2) is 5.54. The average Bonchev–Trinajstić information content (AvgIpc) is 2.87. The molecule has 0 aliphatic carbocycles. The van der Waals surface area contributed by atoms with Crippen molar-refractivity contribution in [1.29, 1.82) is 0 Å². The molecule has 2 N–H and O–H groups in total. The van der Waals surface area contributed by atoms with Gasteiger partial charge in [-0.1, -0.05) is 29.8 Å². The van der Waals surface area contributed by atoms with E-state index in [1.807, 2.05) is 0 Å². The van der Waals surface area contributed by atoms with Crippen LogP contribution in [0.5, 0.6) is 0 Å². The molecule has 1 aromatic carbocycles. The molecular weight excluding hydrogens is 295 g/mol. The second-order valence-electron chi connectivity index (χ2n) is 3.94. The molecule has 4 nitrogen and oxygen atoms in total. The number of aromatic nitrogens is 2. The van der Waals surface area contributed by atoms with Gasteiger partial charge in [0, 0.05) is 17.6 Å². The SMILES string of the molecule is O=C(NCc1ccccc1Cl)c1cc(C(F)(F)F)[nH]n1. The third kappa shape index (κ3) is 3.30. The van der Waals surface area contributed by atoms with E-state index in [4.69, 9.17) is 11.6 Å². The first kappa shape index (κ1) is 14.4. The molecule has 1 heterocycles. The monoisotopic (exact) mass is 303 g/mol. The van der Waals surface area contributed by atoms with Crippen molar-refractivity contribution in [3.05, 3.63) is 52.3 Å². The van der Waals surface area contributed by atoms with Crippen LogP contribution < -0.4 is 5.32 Å². The summed E-state index contributed by atoms with van der Waals surface area (Å²) < 4.78 is 37.0. The third-order valence-corrected chi connectivity index (χ3v) is 2.88. The largest absolute Gasteiger partial charge is 0.432 e. The summed E-state index contributed by atoms with van der Waals surface area (Å²) >= 11 is 5.90. The van der Waals surface area contributed by atoms with E-state index >= 15 is 0 Å². The second-order valence-corrected chi connectivity index (χ2v) is 4.35. The Labute approximate surface area is 116 Å². The lowest BCUT2D eigenvalue weighted by atomic mass is 10.2. The highest BCUT2D eigenvalue weighted by Gasteiger charge is 2.33. The molecular formula is C12H9ClF3N3O. The number of hydrogen-bond donors (Lipinski definition) is 2. The Balaban J connectivity index is 2.02. The third-order valence-electron chi connectivity index (χ3n) is 2.51. The number of aromatic amines is 1. The quantitative estimate of drug-likeness (QED) is 0.915. The molecule has 0 radical (unpaired) electrons. The van der Waals surface area contributed by atoms with Crippen LogP contribution >= 0.6 is 11.6 Å². The zero-order valence-corrected chi connectivity index (χ0v) is 10.7. The van der Waals surface area contributed by atoms with E-state index in [2.05, 4.69) is 10.4 Å². The van der Waals surface area contributed by atoms with E-state index in [1.54, 1.807) is 29.4 Å². The van der Waals surface area contributed by atoms with Crippen LogP contribution in [0.25, 0.3) is 0 Å². The van der Waals surface area contributed by atoms with Crippen LogP contribution in [-0.4, -0.2) is 16.1 Å². The van der Waals surface area contributed by atoms with Crippen LogP contribution in [0.4, 0.5) is 13.2 Å². The topological polar surface area (TPSA) is 57.8 Å². The van der Waals surface area contributed by atoms with Gasteiger partial charge < -0.3 is 5.32 Å². The number of amides is 1. The fourth-order valence-corrected chi connectivity index (χ4v) is 1.69. The zero-order valence-electron chi connectivity index (χ0n) is 9.96. The van der Waals surface area contributed by atoms with Crippen molar-refractivity contribution >= 4 is 17.5 Å². The van der Waals surface area contributed by atoms with Crippen LogP contribution in [0.3, 0.4) is 0 Å². The molecule has 0 saturated heterocycles. The van der Waals surface area contributed by atoms with Gasteiger partial charge >= 0.3 is 6.18 Å². The number of nitrogens with one attached hydrogen (secondary N) is 2. The lowest BCUT2D eigenvalue weighted by Gasteiger charge is -2.05. The van der Waals surface area contributed by atoms with E-state index in [-0.39, 0.29) is 12.2 Å². The molecule has 8 heteroatoms. The number of benzene rings is 1. The van der Waals surface area contributed by atoms with Crippen molar-refractivity contribution in [2.24, 2.45) is 0 Å². The van der Waals surface area contributed by atoms with Crippen LogP contribution in [0, 0.1) is 0 Å². The maximum atomic E-state index is 12.3. The van der Waals surface area contributed by atoms with Gasteiger partial charge in [-0.25, -0.2) is 0 Å². The molecule has 0 atom stereocenters. The van der Waals surface area contributed by atoms with Gasteiger partial charge in [0.2, 0.25) is 0 Å². The van der Waals surface area contributed by atoms with E-state index in [1.165, 1.54) is 0 Å². The Morgan fingerprint density at radius 3 is 2.65 bits per heavy atom. The molecule has 0 aliphatic heterocycles. The van der Waals surface area contributed by atoms with Gasteiger partial charge in [0.05, 0.1) is 0 Å². The number of alkyl halides is 3. The van der Waals surface area contributed by atoms with Crippen molar-refractivity contribution in [2.45, 2.75) is 12.7 Å². The first-order valence-electron chi connectivity index (χ1n) is 5.52. The van der Waals surface area contributed by atoms with Crippen molar-refractivity contribution in [1.82, 2.24) is 15.5 Å². The molecule has 2 aromatic rings. The minimum Gasteiger partial charge on any atom is -0.347 e. The number of rotatable bonds is 3. The summed E-state index contributed by atoms with van der Waals surface area (Å²) in [5.41, 5.74) is -0.737. The molecule has 0 spiro atoms. The minimum absolute atomic E-state index is 0.104. The first-order chi connectivity index (χ1) is 9.38. The lowest BCUT2D eigenvalue weighted by molar-refractivity contribution is -0.141. The normalized spacial score (nSPS) is 11.4. The fraction of sp³-hybridized carbons (Fsp3) is 0.167. The summed E-state index contributed by atoms with van der Waals surface area (Å²) in [5, 5.41) is 8.01. The van der Waals surface area contributed by atoms with Gasteiger partial charge in [0.25, 0.3) is 5.91 Å². The van der Waals surface area contributed by atoms with E-state index < -0.39 is 17.8 Å². The van der Waals surface area contributed by atoms with Crippen molar-refractivity contribution in [2.75, 3.05) is 0 Å². The Bertz CT molecular complexity index is 624. The Morgan fingerprint density at radius 1 is 1.35 bits per heavy atom. The number of nitrogens with zero attached hydrogens (tertiary/aromatic N) is 1. The smallest absolute Gasteiger partial charge is 0.347 e. The number of halogens is 4. The van der Waals surface area contributed by atoms with Crippen LogP contribution in [0.2, 0.25) is 5.02 Å². The Kier molecular flexibility index (Phi) is 3.99. The number of carbonyl (C=O) groups excluding carboxylic acids is 1. The highest BCUT2D eigenvalue weighted by Crippen LogP contribution is 2.27. The van der Waals surface area contributed by atoms with Crippen molar-refractivity contribution in [3.8, 4) is 0 Å². The van der Waals surface area contributed by atoms with E-state index in [9.17, 15) is 18.0 Å². The minimum atomic E-state index is -4.56.